The largest absolute Gasteiger partial charge is 0.493 e. The average molecular weight is 330 g/mol. The van der Waals surface area contributed by atoms with E-state index in [4.69, 9.17) is 19.9 Å². The molecule has 0 bridgehead atoms. The third-order valence-electron chi connectivity index (χ3n) is 3.77. The smallest absolute Gasteiger partial charge is 0.203 e. The topological polar surface area (TPSA) is 65.7 Å². The Labute approximate surface area is 143 Å². The third-order valence-corrected chi connectivity index (χ3v) is 3.77. The van der Waals surface area contributed by atoms with Crippen molar-refractivity contribution in [3.63, 3.8) is 0 Å². The number of hydrogen-bond acceptors (Lipinski definition) is 5. The van der Waals surface area contributed by atoms with Gasteiger partial charge in [0, 0.05) is 12.2 Å². The van der Waals surface area contributed by atoms with E-state index in [0.717, 1.165) is 30.6 Å². The number of ether oxygens (including phenoxy) is 3. The summed E-state index contributed by atoms with van der Waals surface area (Å²) >= 11 is 0. The van der Waals surface area contributed by atoms with Gasteiger partial charge in [-0.1, -0.05) is 12.1 Å². The summed E-state index contributed by atoms with van der Waals surface area (Å²) in [5.41, 5.74) is 8.94. The summed E-state index contributed by atoms with van der Waals surface area (Å²) in [6.07, 6.45) is 1.74. The number of nitrogens with two attached hydrogens (primary N) is 1. The zero-order valence-electron chi connectivity index (χ0n) is 14.6. The fraction of sp³-hybridized carbons (Fsp3) is 0.368. The van der Waals surface area contributed by atoms with Crippen molar-refractivity contribution in [2.75, 3.05) is 39.7 Å². The average Bonchev–Trinajstić information content (AvgIpc) is 2.61. The van der Waals surface area contributed by atoms with Crippen molar-refractivity contribution >= 4 is 5.69 Å². The molecule has 5 heteroatoms. The third kappa shape index (κ3) is 4.55. The van der Waals surface area contributed by atoms with Gasteiger partial charge in [0.25, 0.3) is 0 Å². The molecule has 0 aromatic heterocycles. The number of methoxy groups -OCH3 is 3. The number of anilines is 1. The molecular weight excluding hydrogens is 304 g/mol. The number of rotatable bonds is 9. The van der Waals surface area contributed by atoms with Crippen molar-refractivity contribution in [1.82, 2.24) is 0 Å². The lowest BCUT2D eigenvalue weighted by Crippen LogP contribution is -2.08. The zero-order chi connectivity index (χ0) is 17.4. The van der Waals surface area contributed by atoms with Crippen molar-refractivity contribution in [3.8, 4) is 17.2 Å². The van der Waals surface area contributed by atoms with Crippen molar-refractivity contribution in [1.29, 1.82) is 0 Å². The highest BCUT2D eigenvalue weighted by Gasteiger charge is 2.13. The lowest BCUT2D eigenvalue weighted by atomic mass is 10.0. The first-order chi connectivity index (χ1) is 11.7. The van der Waals surface area contributed by atoms with Gasteiger partial charge < -0.3 is 25.3 Å². The van der Waals surface area contributed by atoms with Crippen LogP contribution >= 0.6 is 0 Å². The molecule has 130 valence electrons. The molecule has 0 atom stereocenters. The van der Waals surface area contributed by atoms with Gasteiger partial charge in [0.1, 0.15) is 0 Å². The van der Waals surface area contributed by atoms with Gasteiger partial charge in [-0.3, -0.25) is 0 Å². The molecule has 0 heterocycles. The molecule has 0 aliphatic rings. The molecule has 0 amide bonds. The first-order valence-electron chi connectivity index (χ1n) is 8.03. The molecule has 2 aromatic rings. The molecule has 0 aliphatic heterocycles. The van der Waals surface area contributed by atoms with Gasteiger partial charge in [-0.25, -0.2) is 0 Å². The van der Waals surface area contributed by atoms with Gasteiger partial charge >= 0.3 is 0 Å². The van der Waals surface area contributed by atoms with Gasteiger partial charge in [0.2, 0.25) is 5.75 Å². The Morgan fingerprint density at radius 1 is 0.917 bits per heavy atom. The molecule has 24 heavy (non-hydrogen) atoms. The van der Waals surface area contributed by atoms with Crippen LogP contribution in [-0.2, 0) is 6.42 Å². The fourth-order valence-electron chi connectivity index (χ4n) is 2.60. The summed E-state index contributed by atoms with van der Waals surface area (Å²) in [6, 6.07) is 12.3. The minimum absolute atomic E-state index is 0.612. The van der Waals surface area contributed by atoms with Crippen molar-refractivity contribution in [2.45, 2.75) is 12.8 Å². The second-order valence-corrected chi connectivity index (χ2v) is 5.48. The van der Waals surface area contributed by atoms with E-state index in [2.05, 4.69) is 29.6 Å². The Morgan fingerprint density at radius 2 is 1.62 bits per heavy atom. The van der Waals surface area contributed by atoms with E-state index in [1.165, 1.54) is 5.56 Å². The normalized spacial score (nSPS) is 10.3. The molecule has 5 nitrogen and oxygen atoms in total. The van der Waals surface area contributed by atoms with Crippen LogP contribution in [0, 0.1) is 0 Å². The summed E-state index contributed by atoms with van der Waals surface area (Å²) in [7, 11) is 4.86. The molecule has 0 saturated heterocycles. The van der Waals surface area contributed by atoms with E-state index < -0.39 is 0 Å². The van der Waals surface area contributed by atoms with Crippen molar-refractivity contribution in [2.24, 2.45) is 5.73 Å². The molecule has 2 rings (SSSR count). The summed E-state index contributed by atoms with van der Waals surface area (Å²) in [5.74, 6) is 1.95. The Bertz CT molecular complexity index is 634. The van der Waals surface area contributed by atoms with Crippen LogP contribution in [0.5, 0.6) is 17.2 Å². The van der Waals surface area contributed by atoms with E-state index in [9.17, 15) is 0 Å². The minimum atomic E-state index is 0.612. The van der Waals surface area contributed by atoms with Gasteiger partial charge in [0.05, 0.1) is 21.3 Å². The second kappa shape index (κ2) is 9.03. The highest BCUT2D eigenvalue weighted by molar-refractivity contribution is 5.55. The van der Waals surface area contributed by atoms with Gasteiger partial charge in [-0.15, -0.1) is 0 Å². The maximum Gasteiger partial charge on any atom is 0.203 e. The van der Waals surface area contributed by atoms with E-state index in [1.54, 1.807) is 21.3 Å². The molecular formula is C19H26N2O3. The fourth-order valence-corrected chi connectivity index (χ4v) is 2.60. The standard InChI is InChI=1S/C19H26N2O3/c1-22-17-12-15(13-18(23-2)19(17)24-3)10-14-6-4-7-16(11-14)21-9-5-8-20/h4,6-7,11-13,21H,5,8-10,20H2,1-3H3. The summed E-state index contributed by atoms with van der Waals surface area (Å²) < 4.78 is 16.2. The van der Waals surface area contributed by atoms with Gasteiger partial charge in [-0.05, 0) is 54.8 Å². The van der Waals surface area contributed by atoms with Crippen LogP contribution in [0.3, 0.4) is 0 Å². The molecule has 0 fully saturated rings. The van der Waals surface area contributed by atoms with Crippen molar-refractivity contribution in [3.05, 3.63) is 47.5 Å². The molecule has 2 aromatic carbocycles. The predicted molar refractivity (Wildman–Crippen MR) is 97.5 cm³/mol. The maximum atomic E-state index is 5.53. The SMILES string of the molecule is COc1cc(Cc2cccc(NCCCN)c2)cc(OC)c1OC. The Morgan fingerprint density at radius 3 is 2.21 bits per heavy atom. The molecule has 0 radical (unpaired) electrons. The van der Waals surface area contributed by atoms with Crippen LogP contribution in [-0.4, -0.2) is 34.4 Å². The van der Waals surface area contributed by atoms with Gasteiger partial charge in [0.15, 0.2) is 11.5 Å². The predicted octanol–water partition coefficient (Wildman–Crippen LogP) is 3.06. The Balaban J connectivity index is 2.20. The highest BCUT2D eigenvalue weighted by atomic mass is 16.5. The van der Waals surface area contributed by atoms with Gasteiger partial charge in [-0.2, -0.15) is 0 Å². The van der Waals surface area contributed by atoms with E-state index in [-0.39, 0.29) is 0 Å². The lowest BCUT2D eigenvalue weighted by molar-refractivity contribution is 0.324. The lowest BCUT2D eigenvalue weighted by Gasteiger charge is -2.14. The van der Waals surface area contributed by atoms with Crippen LogP contribution in [0.2, 0.25) is 0 Å². The first-order valence-corrected chi connectivity index (χ1v) is 8.03. The quantitative estimate of drug-likeness (QED) is 0.692. The van der Waals surface area contributed by atoms with E-state index in [1.807, 2.05) is 12.1 Å². The molecule has 0 aliphatic carbocycles. The van der Waals surface area contributed by atoms with Crippen molar-refractivity contribution < 1.29 is 14.2 Å². The maximum absolute atomic E-state index is 5.53. The van der Waals surface area contributed by atoms with Crippen LogP contribution < -0.4 is 25.3 Å². The van der Waals surface area contributed by atoms with Crippen LogP contribution in [0.25, 0.3) is 0 Å². The number of benzene rings is 2. The summed E-state index contributed by atoms with van der Waals surface area (Å²) in [5, 5.41) is 3.39. The Kier molecular flexibility index (Phi) is 6.75. The molecule has 3 N–H and O–H groups in total. The Hall–Kier alpha value is -2.40. The minimum Gasteiger partial charge on any atom is -0.493 e. The molecule has 0 spiro atoms. The number of nitrogens with one attached hydrogen (secondary N) is 1. The zero-order valence-corrected chi connectivity index (χ0v) is 14.6. The monoisotopic (exact) mass is 330 g/mol. The van der Waals surface area contributed by atoms with E-state index >= 15 is 0 Å². The summed E-state index contributed by atoms with van der Waals surface area (Å²) in [6.45, 7) is 1.57. The molecule has 0 unspecified atom stereocenters. The van der Waals surface area contributed by atoms with Crippen LogP contribution in [0.1, 0.15) is 17.5 Å². The summed E-state index contributed by atoms with van der Waals surface area (Å²) in [4.78, 5) is 0. The molecule has 0 saturated carbocycles. The number of hydrogen-bond donors (Lipinski definition) is 2. The highest BCUT2D eigenvalue weighted by Crippen LogP contribution is 2.38. The van der Waals surface area contributed by atoms with Crippen LogP contribution in [0.15, 0.2) is 36.4 Å². The van der Waals surface area contributed by atoms with E-state index in [0.29, 0.717) is 23.8 Å². The first kappa shape index (κ1) is 17.9. The van der Waals surface area contributed by atoms with Crippen LogP contribution in [0.4, 0.5) is 5.69 Å². The second-order valence-electron chi connectivity index (χ2n) is 5.48.